The number of imidazole rings is 1. The van der Waals surface area contributed by atoms with Crippen LogP contribution in [-0.2, 0) is 7.05 Å². The average Bonchev–Trinajstić information content (AvgIpc) is 2.89. The standard InChI is InChI=1S/C18H16FN3O/c1-12-7-9-13(10-8-12)16-11-22(2)18(20-16)21-17(23)14-5-3-4-6-15(14)19/h3-11H,1-2H3,(H,20,21,23). The number of rotatable bonds is 3. The number of hydrogen-bond donors (Lipinski definition) is 1. The fraction of sp³-hybridized carbons (Fsp3) is 0.111. The SMILES string of the molecule is Cc1ccc(-c2cn(C)c(NC(=O)c3ccccc3F)n2)cc1. The third-order valence-electron chi connectivity index (χ3n) is 3.57. The maximum Gasteiger partial charge on any atom is 0.260 e. The molecular formula is C18H16FN3O. The van der Waals surface area contributed by atoms with E-state index in [1.54, 1.807) is 23.7 Å². The van der Waals surface area contributed by atoms with Crippen LogP contribution in [0.1, 0.15) is 15.9 Å². The molecule has 0 radical (unpaired) electrons. The predicted octanol–water partition coefficient (Wildman–Crippen LogP) is 3.79. The van der Waals surface area contributed by atoms with Gasteiger partial charge in [0, 0.05) is 18.8 Å². The lowest BCUT2D eigenvalue weighted by atomic mass is 10.1. The zero-order chi connectivity index (χ0) is 16.4. The molecule has 0 bridgehead atoms. The van der Waals surface area contributed by atoms with Gasteiger partial charge in [0.2, 0.25) is 5.95 Å². The molecule has 4 nitrogen and oxygen atoms in total. The van der Waals surface area contributed by atoms with Gasteiger partial charge in [0.15, 0.2) is 0 Å². The summed E-state index contributed by atoms with van der Waals surface area (Å²) < 4.78 is 15.4. The van der Waals surface area contributed by atoms with Gasteiger partial charge in [0.1, 0.15) is 5.82 Å². The van der Waals surface area contributed by atoms with Crippen LogP contribution in [0, 0.1) is 12.7 Å². The second-order valence-electron chi connectivity index (χ2n) is 5.36. The number of hydrogen-bond acceptors (Lipinski definition) is 2. The number of anilines is 1. The van der Waals surface area contributed by atoms with Crippen LogP contribution in [0.15, 0.2) is 54.7 Å². The number of aryl methyl sites for hydroxylation is 2. The van der Waals surface area contributed by atoms with Gasteiger partial charge in [-0.2, -0.15) is 0 Å². The zero-order valence-corrected chi connectivity index (χ0v) is 12.9. The zero-order valence-electron chi connectivity index (χ0n) is 12.9. The molecule has 0 saturated carbocycles. The van der Waals surface area contributed by atoms with Crippen LogP contribution in [0.3, 0.4) is 0 Å². The van der Waals surface area contributed by atoms with Gasteiger partial charge in [0.05, 0.1) is 11.3 Å². The Morgan fingerprint density at radius 2 is 1.83 bits per heavy atom. The molecule has 23 heavy (non-hydrogen) atoms. The van der Waals surface area contributed by atoms with E-state index in [1.807, 2.05) is 37.4 Å². The Kier molecular flexibility index (Phi) is 3.93. The lowest BCUT2D eigenvalue weighted by Gasteiger charge is -2.05. The Morgan fingerprint density at radius 1 is 1.13 bits per heavy atom. The summed E-state index contributed by atoms with van der Waals surface area (Å²) in [4.78, 5) is 16.6. The van der Waals surface area contributed by atoms with E-state index in [-0.39, 0.29) is 5.56 Å². The highest BCUT2D eigenvalue weighted by molar-refractivity contribution is 6.03. The number of nitrogens with zero attached hydrogens (tertiary/aromatic N) is 2. The van der Waals surface area contributed by atoms with Gasteiger partial charge in [-0.1, -0.05) is 42.0 Å². The van der Waals surface area contributed by atoms with Crippen LogP contribution in [0.5, 0.6) is 0 Å². The lowest BCUT2D eigenvalue weighted by molar-refractivity contribution is 0.102. The van der Waals surface area contributed by atoms with Gasteiger partial charge in [-0.15, -0.1) is 0 Å². The largest absolute Gasteiger partial charge is 0.320 e. The van der Waals surface area contributed by atoms with Crippen LogP contribution in [0.2, 0.25) is 0 Å². The molecule has 0 spiro atoms. The molecule has 0 saturated heterocycles. The van der Waals surface area contributed by atoms with E-state index >= 15 is 0 Å². The Morgan fingerprint density at radius 3 is 2.52 bits per heavy atom. The highest BCUT2D eigenvalue weighted by Crippen LogP contribution is 2.21. The van der Waals surface area contributed by atoms with Gasteiger partial charge >= 0.3 is 0 Å². The van der Waals surface area contributed by atoms with Crippen molar-refractivity contribution >= 4 is 11.9 Å². The topological polar surface area (TPSA) is 46.9 Å². The average molecular weight is 309 g/mol. The second-order valence-corrected chi connectivity index (χ2v) is 5.36. The Hall–Kier alpha value is -2.95. The van der Waals surface area contributed by atoms with E-state index in [9.17, 15) is 9.18 Å². The number of carbonyl (C=O) groups is 1. The van der Waals surface area contributed by atoms with Crippen molar-refractivity contribution in [3.05, 3.63) is 71.7 Å². The van der Waals surface area contributed by atoms with E-state index in [2.05, 4.69) is 10.3 Å². The molecular weight excluding hydrogens is 293 g/mol. The quantitative estimate of drug-likeness (QED) is 0.800. The highest BCUT2D eigenvalue weighted by atomic mass is 19.1. The summed E-state index contributed by atoms with van der Waals surface area (Å²) in [5, 5.41) is 2.64. The molecule has 0 aliphatic carbocycles. The molecule has 116 valence electrons. The van der Waals surface area contributed by atoms with Crippen molar-refractivity contribution in [1.29, 1.82) is 0 Å². The number of carbonyl (C=O) groups excluding carboxylic acids is 1. The van der Waals surface area contributed by atoms with Crippen molar-refractivity contribution in [3.8, 4) is 11.3 Å². The van der Waals surface area contributed by atoms with Crippen molar-refractivity contribution in [2.75, 3.05) is 5.32 Å². The van der Waals surface area contributed by atoms with Gasteiger partial charge in [-0.25, -0.2) is 9.37 Å². The minimum Gasteiger partial charge on any atom is -0.320 e. The second kappa shape index (κ2) is 6.04. The summed E-state index contributed by atoms with van der Waals surface area (Å²) in [7, 11) is 1.78. The van der Waals surface area contributed by atoms with E-state index in [0.29, 0.717) is 5.95 Å². The van der Waals surface area contributed by atoms with Crippen molar-refractivity contribution in [3.63, 3.8) is 0 Å². The van der Waals surface area contributed by atoms with E-state index in [1.165, 1.54) is 12.1 Å². The first-order valence-electron chi connectivity index (χ1n) is 7.21. The molecule has 0 aliphatic rings. The third kappa shape index (κ3) is 3.13. The summed E-state index contributed by atoms with van der Waals surface area (Å²) in [5.74, 6) is -0.709. The summed E-state index contributed by atoms with van der Waals surface area (Å²) in [6.07, 6.45) is 1.82. The van der Waals surface area contributed by atoms with Crippen molar-refractivity contribution in [2.24, 2.45) is 7.05 Å². The van der Waals surface area contributed by atoms with Crippen LogP contribution < -0.4 is 5.32 Å². The molecule has 3 aromatic rings. The fourth-order valence-electron chi connectivity index (χ4n) is 2.26. The van der Waals surface area contributed by atoms with Gasteiger partial charge in [-0.05, 0) is 19.1 Å². The summed E-state index contributed by atoms with van der Waals surface area (Å²) >= 11 is 0. The summed E-state index contributed by atoms with van der Waals surface area (Å²) in [6, 6.07) is 13.8. The van der Waals surface area contributed by atoms with Crippen LogP contribution in [-0.4, -0.2) is 15.5 Å². The number of benzene rings is 2. The van der Waals surface area contributed by atoms with Gasteiger partial charge < -0.3 is 4.57 Å². The molecule has 0 aliphatic heterocycles. The summed E-state index contributed by atoms with van der Waals surface area (Å²) in [5.41, 5.74) is 2.86. The predicted molar refractivity (Wildman–Crippen MR) is 87.7 cm³/mol. The molecule has 1 aromatic heterocycles. The van der Waals surface area contributed by atoms with Crippen molar-refractivity contribution in [2.45, 2.75) is 6.92 Å². The molecule has 5 heteroatoms. The molecule has 3 rings (SSSR count). The Bertz CT molecular complexity index is 853. The molecule has 0 fully saturated rings. The van der Waals surface area contributed by atoms with Crippen LogP contribution >= 0.6 is 0 Å². The maximum atomic E-state index is 13.7. The normalized spacial score (nSPS) is 10.6. The smallest absolute Gasteiger partial charge is 0.260 e. The third-order valence-corrected chi connectivity index (χ3v) is 3.57. The number of aromatic nitrogens is 2. The van der Waals surface area contributed by atoms with Crippen molar-refractivity contribution in [1.82, 2.24) is 9.55 Å². The van der Waals surface area contributed by atoms with Gasteiger partial charge in [0.25, 0.3) is 5.91 Å². The van der Waals surface area contributed by atoms with E-state index < -0.39 is 11.7 Å². The van der Waals surface area contributed by atoms with Crippen LogP contribution in [0.4, 0.5) is 10.3 Å². The first kappa shape index (κ1) is 15.0. The molecule has 1 N–H and O–H groups in total. The Labute approximate surface area is 133 Å². The highest BCUT2D eigenvalue weighted by Gasteiger charge is 2.14. The lowest BCUT2D eigenvalue weighted by Crippen LogP contribution is -2.16. The minimum atomic E-state index is -0.557. The first-order valence-corrected chi connectivity index (χ1v) is 7.21. The van der Waals surface area contributed by atoms with Gasteiger partial charge in [-0.3, -0.25) is 10.1 Å². The fourth-order valence-corrected chi connectivity index (χ4v) is 2.26. The molecule has 2 aromatic carbocycles. The minimum absolute atomic E-state index is 0.00705. The molecule has 1 amide bonds. The number of nitrogens with one attached hydrogen (secondary N) is 1. The van der Waals surface area contributed by atoms with E-state index in [4.69, 9.17) is 0 Å². The molecule has 0 atom stereocenters. The maximum absolute atomic E-state index is 13.7. The first-order chi connectivity index (χ1) is 11.0. The van der Waals surface area contributed by atoms with Crippen molar-refractivity contribution < 1.29 is 9.18 Å². The molecule has 1 heterocycles. The Balaban J connectivity index is 1.86. The molecule has 0 unspecified atom stereocenters. The number of amides is 1. The van der Waals surface area contributed by atoms with E-state index in [0.717, 1.165) is 16.8 Å². The van der Waals surface area contributed by atoms with Crippen LogP contribution in [0.25, 0.3) is 11.3 Å². The number of halogens is 1. The monoisotopic (exact) mass is 309 g/mol. The summed E-state index contributed by atoms with van der Waals surface area (Å²) in [6.45, 7) is 2.02.